The van der Waals surface area contributed by atoms with Gasteiger partial charge >= 0.3 is 6.03 Å². The fourth-order valence-corrected chi connectivity index (χ4v) is 1.98. The van der Waals surface area contributed by atoms with Crippen LogP contribution in [0.4, 0.5) is 4.79 Å². The summed E-state index contributed by atoms with van der Waals surface area (Å²) in [7, 11) is 1.65. The molecule has 1 atom stereocenters. The van der Waals surface area contributed by atoms with Crippen LogP contribution in [0.25, 0.3) is 0 Å². The molecule has 1 aromatic heterocycles. The lowest BCUT2D eigenvalue weighted by molar-refractivity contribution is 0.104. The fraction of sp³-hybridized carbons (Fsp3) is 0.545. The highest BCUT2D eigenvalue weighted by Gasteiger charge is 2.11. The normalized spacial score (nSPS) is 12.1. The number of carbonyl (C=O) groups is 1. The average molecular weight is 242 g/mol. The van der Waals surface area contributed by atoms with Gasteiger partial charge in [0.25, 0.3) is 0 Å². The Hall–Kier alpha value is -1.07. The number of methoxy groups -OCH3 is 1. The van der Waals surface area contributed by atoms with Crippen LogP contribution in [0.2, 0.25) is 0 Å². The van der Waals surface area contributed by atoms with Crippen molar-refractivity contribution in [1.29, 1.82) is 0 Å². The average Bonchev–Trinajstić information content (AvgIpc) is 2.81. The number of hydrogen-bond donors (Lipinski definition) is 2. The zero-order valence-corrected chi connectivity index (χ0v) is 10.5. The van der Waals surface area contributed by atoms with Crippen molar-refractivity contribution in [3.8, 4) is 0 Å². The number of thiophene rings is 1. The van der Waals surface area contributed by atoms with Crippen LogP contribution in [0, 0.1) is 0 Å². The van der Waals surface area contributed by atoms with Gasteiger partial charge in [0.2, 0.25) is 0 Å². The van der Waals surface area contributed by atoms with E-state index >= 15 is 0 Å². The van der Waals surface area contributed by atoms with Crippen LogP contribution in [0.15, 0.2) is 16.8 Å². The molecule has 5 heteroatoms. The predicted octanol–water partition coefficient (Wildman–Crippen LogP) is 2.14. The summed E-state index contributed by atoms with van der Waals surface area (Å²) in [5, 5.41) is 9.57. The SMILES string of the molecule is CCCNC(=O)NCC(OC)c1ccsc1. The number of nitrogens with one attached hydrogen (secondary N) is 2. The first-order valence-electron chi connectivity index (χ1n) is 5.34. The molecule has 0 aliphatic rings. The van der Waals surface area contributed by atoms with E-state index in [-0.39, 0.29) is 12.1 Å². The number of urea groups is 1. The van der Waals surface area contributed by atoms with E-state index in [1.807, 2.05) is 23.8 Å². The van der Waals surface area contributed by atoms with Gasteiger partial charge in [-0.25, -0.2) is 4.79 Å². The molecule has 0 aliphatic heterocycles. The minimum Gasteiger partial charge on any atom is -0.375 e. The highest BCUT2D eigenvalue weighted by molar-refractivity contribution is 7.07. The highest BCUT2D eigenvalue weighted by Crippen LogP contribution is 2.18. The van der Waals surface area contributed by atoms with Crippen LogP contribution in [0.3, 0.4) is 0 Å². The number of rotatable bonds is 6. The molecular weight excluding hydrogens is 224 g/mol. The van der Waals surface area contributed by atoms with Crippen molar-refractivity contribution in [1.82, 2.24) is 10.6 Å². The maximum atomic E-state index is 11.3. The van der Waals surface area contributed by atoms with Crippen molar-refractivity contribution in [2.75, 3.05) is 20.2 Å². The molecule has 0 radical (unpaired) electrons. The lowest BCUT2D eigenvalue weighted by Crippen LogP contribution is -2.38. The van der Waals surface area contributed by atoms with Gasteiger partial charge < -0.3 is 15.4 Å². The molecule has 0 aliphatic carbocycles. The van der Waals surface area contributed by atoms with Gasteiger partial charge in [0.05, 0.1) is 0 Å². The molecule has 0 fully saturated rings. The third kappa shape index (κ3) is 4.20. The molecule has 1 heterocycles. The Labute approximate surface area is 100 Å². The van der Waals surface area contributed by atoms with Crippen LogP contribution in [-0.2, 0) is 4.74 Å². The zero-order valence-electron chi connectivity index (χ0n) is 9.66. The monoisotopic (exact) mass is 242 g/mol. The maximum Gasteiger partial charge on any atom is 0.314 e. The van der Waals surface area contributed by atoms with E-state index in [0.717, 1.165) is 12.0 Å². The van der Waals surface area contributed by atoms with E-state index in [0.29, 0.717) is 13.1 Å². The molecule has 2 N–H and O–H groups in total. The summed E-state index contributed by atoms with van der Waals surface area (Å²) in [6.45, 7) is 3.20. The quantitative estimate of drug-likeness (QED) is 0.803. The highest BCUT2D eigenvalue weighted by atomic mass is 32.1. The van der Waals surface area contributed by atoms with Crippen molar-refractivity contribution in [2.45, 2.75) is 19.4 Å². The largest absolute Gasteiger partial charge is 0.375 e. The van der Waals surface area contributed by atoms with Crippen molar-refractivity contribution in [3.63, 3.8) is 0 Å². The Bertz CT molecular complexity index is 301. The van der Waals surface area contributed by atoms with E-state index in [9.17, 15) is 4.79 Å². The fourth-order valence-electron chi connectivity index (χ4n) is 1.28. The van der Waals surface area contributed by atoms with E-state index in [1.54, 1.807) is 18.4 Å². The first-order chi connectivity index (χ1) is 7.77. The van der Waals surface area contributed by atoms with Crippen LogP contribution in [-0.4, -0.2) is 26.2 Å². The number of hydrogen-bond acceptors (Lipinski definition) is 3. The number of amides is 2. The predicted molar refractivity (Wildman–Crippen MR) is 65.8 cm³/mol. The van der Waals surface area contributed by atoms with Crippen molar-refractivity contribution < 1.29 is 9.53 Å². The Morgan fingerprint density at radius 3 is 2.94 bits per heavy atom. The van der Waals surface area contributed by atoms with E-state index in [4.69, 9.17) is 4.74 Å². The topological polar surface area (TPSA) is 50.4 Å². The standard InChI is InChI=1S/C11H18N2O2S/c1-3-5-12-11(14)13-7-10(15-2)9-4-6-16-8-9/h4,6,8,10H,3,5,7H2,1-2H3,(H2,12,13,14). The summed E-state index contributed by atoms with van der Waals surface area (Å²) in [5.74, 6) is 0. The molecule has 0 saturated carbocycles. The summed E-state index contributed by atoms with van der Waals surface area (Å²) in [6.07, 6.45) is 0.865. The molecule has 2 amide bonds. The summed E-state index contributed by atoms with van der Waals surface area (Å²) in [6, 6.07) is 1.86. The van der Waals surface area contributed by atoms with Gasteiger partial charge in [0, 0.05) is 20.2 Å². The number of ether oxygens (including phenoxy) is 1. The van der Waals surface area contributed by atoms with Gasteiger partial charge in [-0.15, -0.1) is 0 Å². The van der Waals surface area contributed by atoms with Crippen LogP contribution < -0.4 is 10.6 Å². The second kappa shape index (κ2) is 7.24. The molecule has 16 heavy (non-hydrogen) atoms. The molecule has 1 unspecified atom stereocenters. The van der Waals surface area contributed by atoms with Gasteiger partial charge in [0.1, 0.15) is 6.10 Å². The van der Waals surface area contributed by atoms with Gasteiger partial charge in [-0.1, -0.05) is 6.92 Å². The Morgan fingerprint density at radius 2 is 2.38 bits per heavy atom. The summed E-state index contributed by atoms with van der Waals surface area (Å²) in [4.78, 5) is 11.3. The minimum atomic E-state index is -0.140. The summed E-state index contributed by atoms with van der Waals surface area (Å²) in [5.41, 5.74) is 1.10. The zero-order chi connectivity index (χ0) is 11.8. The van der Waals surface area contributed by atoms with Crippen LogP contribution in [0.5, 0.6) is 0 Å². The Kier molecular flexibility index (Phi) is 5.88. The van der Waals surface area contributed by atoms with Crippen molar-refractivity contribution in [3.05, 3.63) is 22.4 Å². The molecule has 0 spiro atoms. The minimum absolute atomic E-state index is 0.0707. The molecule has 0 bridgehead atoms. The molecule has 1 rings (SSSR count). The number of carbonyl (C=O) groups excluding carboxylic acids is 1. The molecular formula is C11H18N2O2S. The third-order valence-corrected chi connectivity index (χ3v) is 2.88. The first-order valence-corrected chi connectivity index (χ1v) is 6.28. The van der Waals surface area contributed by atoms with E-state index in [1.165, 1.54) is 0 Å². The second-order valence-electron chi connectivity index (χ2n) is 3.42. The Balaban J connectivity index is 2.32. The molecule has 90 valence electrons. The Morgan fingerprint density at radius 1 is 1.56 bits per heavy atom. The molecule has 4 nitrogen and oxygen atoms in total. The lowest BCUT2D eigenvalue weighted by Gasteiger charge is -2.15. The second-order valence-corrected chi connectivity index (χ2v) is 4.20. The first kappa shape index (κ1) is 13.0. The smallest absolute Gasteiger partial charge is 0.314 e. The van der Waals surface area contributed by atoms with Gasteiger partial charge in [0.15, 0.2) is 0 Å². The van der Waals surface area contributed by atoms with Gasteiger partial charge in [-0.05, 0) is 28.8 Å². The third-order valence-electron chi connectivity index (χ3n) is 2.18. The van der Waals surface area contributed by atoms with Gasteiger partial charge in [-0.3, -0.25) is 0 Å². The molecule has 0 saturated heterocycles. The van der Waals surface area contributed by atoms with Gasteiger partial charge in [-0.2, -0.15) is 11.3 Å². The van der Waals surface area contributed by atoms with Crippen molar-refractivity contribution >= 4 is 17.4 Å². The van der Waals surface area contributed by atoms with Crippen LogP contribution >= 0.6 is 11.3 Å². The lowest BCUT2D eigenvalue weighted by atomic mass is 10.2. The maximum absolute atomic E-state index is 11.3. The summed E-state index contributed by atoms with van der Waals surface area (Å²) >= 11 is 1.62. The summed E-state index contributed by atoms with van der Waals surface area (Å²) < 4.78 is 5.31. The van der Waals surface area contributed by atoms with Crippen molar-refractivity contribution in [2.24, 2.45) is 0 Å². The van der Waals surface area contributed by atoms with E-state index in [2.05, 4.69) is 10.6 Å². The van der Waals surface area contributed by atoms with E-state index < -0.39 is 0 Å². The van der Waals surface area contributed by atoms with Crippen LogP contribution in [0.1, 0.15) is 25.0 Å². The molecule has 1 aromatic rings. The molecule has 0 aromatic carbocycles.